The third-order valence-corrected chi connectivity index (χ3v) is 3.59. The van der Waals surface area contributed by atoms with Gasteiger partial charge >= 0.3 is 0 Å². The molecule has 0 aliphatic heterocycles. The van der Waals surface area contributed by atoms with E-state index in [1.54, 1.807) is 0 Å². The van der Waals surface area contributed by atoms with Crippen LogP contribution in [0.2, 0.25) is 0 Å². The van der Waals surface area contributed by atoms with E-state index in [0.717, 1.165) is 15.0 Å². The highest BCUT2D eigenvalue weighted by molar-refractivity contribution is 9.10. The Morgan fingerprint density at radius 1 is 1.40 bits per heavy atom. The van der Waals surface area contributed by atoms with E-state index in [4.69, 9.17) is 0 Å². The van der Waals surface area contributed by atoms with Crippen LogP contribution in [-0.4, -0.2) is 9.97 Å². The zero-order valence-electron chi connectivity index (χ0n) is 8.00. The van der Waals surface area contributed by atoms with Crippen molar-refractivity contribution in [1.82, 2.24) is 9.97 Å². The van der Waals surface area contributed by atoms with Gasteiger partial charge in [0.25, 0.3) is 0 Å². The fraction of sp³-hybridized carbons (Fsp3) is 0.200. The minimum atomic E-state index is -0.471. The number of thiophene rings is 1. The molecular formula is C10H8BrFN2S. The zero-order chi connectivity index (χ0) is 10.8. The summed E-state index contributed by atoms with van der Waals surface area (Å²) in [6.45, 7) is 1.94. The van der Waals surface area contributed by atoms with Crippen molar-refractivity contribution in [1.29, 1.82) is 0 Å². The molecule has 0 bridgehead atoms. The average Bonchev–Trinajstić information content (AvgIpc) is 2.64. The summed E-state index contributed by atoms with van der Waals surface area (Å²) in [5.41, 5.74) is 0.724. The average molecular weight is 287 g/mol. The second kappa shape index (κ2) is 4.37. The van der Waals surface area contributed by atoms with Crippen molar-refractivity contribution >= 4 is 27.3 Å². The fourth-order valence-electron chi connectivity index (χ4n) is 1.19. The molecule has 2 aromatic heterocycles. The van der Waals surface area contributed by atoms with Crippen LogP contribution in [0.5, 0.6) is 0 Å². The van der Waals surface area contributed by atoms with E-state index >= 15 is 0 Å². The lowest BCUT2D eigenvalue weighted by Crippen LogP contribution is -1.96. The minimum Gasteiger partial charge on any atom is -0.232 e. The quantitative estimate of drug-likeness (QED) is 0.788. The van der Waals surface area contributed by atoms with Crippen molar-refractivity contribution in [3.63, 3.8) is 0 Å². The van der Waals surface area contributed by atoms with Crippen molar-refractivity contribution < 1.29 is 4.39 Å². The fourth-order valence-corrected chi connectivity index (χ4v) is 2.55. The molecule has 2 heterocycles. The van der Waals surface area contributed by atoms with Crippen molar-refractivity contribution in [2.24, 2.45) is 0 Å². The number of hydrogen-bond donors (Lipinski definition) is 0. The summed E-state index contributed by atoms with van der Waals surface area (Å²) in [7, 11) is 0. The van der Waals surface area contributed by atoms with Crippen LogP contribution in [-0.2, 0) is 6.42 Å². The van der Waals surface area contributed by atoms with Crippen LogP contribution in [0.1, 0.15) is 12.6 Å². The molecule has 5 heteroatoms. The molecule has 0 aliphatic rings. The van der Waals surface area contributed by atoms with Gasteiger partial charge in [-0.1, -0.05) is 6.92 Å². The summed E-state index contributed by atoms with van der Waals surface area (Å²) in [5, 5.41) is 1.93. The Balaban J connectivity index is 2.48. The van der Waals surface area contributed by atoms with Gasteiger partial charge in [0.2, 0.25) is 5.95 Å². The van der Waals surface area contributed by atoms with Crippen LogP contribution in [0.15, 0.2) is 22.0 Å². The summed E-state index contributed by atoms with van der Waals surface area (Å²) in [6.07, 6.45) is 0.707. The molecule has 2 aromatic rings. The molecule has 0 radical (unpaired) electrons. The number of nitrogens with zero attached hydrogens (tertiary/aromatic N) is 2. The van der Waals surface area contributed by atoms with Crippen LogP contribution in [0.3, 0.4) is 0 Å². The second-order valence-corrected chi connectivity index (χ2v) is 4.82. The molecule has 0 N–H and O–H groups in total. The highest BCUT2D eigenvalue weighted by Crippen LogP contribution is 2.27. The van der Waals surface area contributed by atoms with Crippen molar-refractivity contribution in [3.8, 4) is 10.7 Å². The lowest BCUT2D eigenvalue weighted by molar-refractivity contribution is 0.578. The van der Waals surface area contributed by atoms with E-state index in [1.807, 2.05) is 18.4 Å². The first-order chi connectivity index (χ1) is 7.19. The van der Waals surface area contributed by atoms with Crippen LogP contribution >= 0.6 is 27.3 Å². The monoisotopic (exact) mass is 286 g/mol. The second-order valence-electron chi connectivity index (χ2n) is 2.99. The number of halogens is 2. The Hall–Kier alpha value is -0.810. The third-order valence-electron chi connectivity index (χ3n) is 1.90. The molecule has 0 aliphatic carbocycles. The molecular weight excluding hydrogens is 279 g/mol. The number of aromatic nitrogens is 2. The predicted molar refractivity (Wildman–Crippen MR) is 62.4 cm³/mol. The van der Waals surface area contributed by atoms with Crippen LogP contribution in [0.25, 0.3) is 10.7 Å². The molecule has 0 aromatic carbocycles. The summed E-state index contributed by atoms with van der Waals surface area (Å²) >= 11 is 4.84. The van der Waals surface area contributed by atoms with E-state index in [9.17, 15) is 4.39 Å². The van der Waals surface area contributed by atoms with Gasteiger partial charge in [0, 0.05) is 21.6 Å². The third kappa shape index (κ3) is 2.41. The van der Waals surface area contributed by atoms with Gasteiger partial charge in [-0.2, -0.15) is 9.37 Å². The Bertz CT molecular complexity index is 484. The predicted octanol–water partition coefficient (Wildman–Crippen LogP) is 3.67. The first-order valence-electron chi connectivity index (χ1n) is 4.47. The van der Waals surface area contributed by atoms with Gasteiger partial charge in [-0.3, -0.25) is 0 Å². The molecule has 0 atom stereocenters. The van der Waals surface area contributed by atoms with Gasteiger partial charge in [-0.05, 0) is 28.4 Å². The zero-order valence-corrected chi connectivity index (χ0v) is 10.4. The topological polar surface area (TPSA) is 25.8 Å². The van der Waals surface area contributed by atoms with Crippen molar-refractivity contribution in [3.05, 3.63) is 33.6 Å². The van der Waals surface area contributed by atoms with E-state index in [0.29, 0.717) is 12.2 Å². The minimum absolute atomic E-state index is 0.461. The summed E-state index contributed by atoms with van der Waals surface area (Å²) in [6, 6.07) is 3.25. The van der Waals surface area contributed by atoms with E-state index in [-0.39, 0.29) is 0 Å². The summed E-state index contributed by atoms with van der Waals surface area (Å²) in [4.78, 5) is 8.92. The highest BCUT2D eigenvalue weighted by atomic mass is 79.9. The molecule has 78 valence electrons. The van der Waals surface area contributed by atoms with Crippen LogP contribution in [0, 0.1) is 5.95 Å². The molecule has 2 rings (SSSR count). The van der Waals surface area contributed by atoms with Crippen molar-refractivity contribution in [2.75, 3.05) is 0 Å². The maximum absolute atomic E-state index is 13.1. The normalized spacial score (nSPS) is 10.6. The Morgan fingerprint density at radius 2 is 2.20 bits per heavy atom. The molecule has 0 fully saturated rings. The molecule has 0 spiro atoms. The summed E-state index contributed by atoms with van der Waals surface area (Å²) in [5.74, 6) is -0.0103. The standard InChI is InChI=1S/C10H8BrFN2S/c1-2-7-4-9(12)14-10(13-7)8-3-6(11)5-15-8/h3-5H,2H2,1H3. The number of aryl methyl sites for hydroxylation is 1. The maximum Gasteiger partial charge on any atom is 0.216 e. The van der Waals surface area contributed by atoms with Gasteiger partial charge in [0.15, 0.2) is 5.82 Å². The Kier molecular flexibility index (Phi) is 3.11. The number of hydrogen-bond acceptors (Lipinski definition) is 3. The first kappa shape index (κ1) is 10.7. The Morgan fingerprint density at radius 3 is 2.80 bits per heavy atom. The van der Waals surface area contributed by atoms with Gasteiger partial charge in [0.1, 0.15) is 0 Å². The first-order valence-corrected chi connectivity index (χ1v) is 6.14. The lowest BCUT2D eigenvalue weighted by atomic mass is 10.3. The molecule has 0 amide bonds. The number of rotatable bonds is 2. The van der Waals surface area contributed by atoms with Crippen LogP contribution < -0.4 is 0 Å². The molecule has 0 saturated heterocycles. The van der Waals surface area contributed by atoms with Gasteiger partial charge in [-0.15, -0.1) is 11.3 Å². The van der Waals surface area contributed by atoms with Gasteiger partial charge < -0.3 is 0 Å². The molecule has 0 saturated carbocycles. The van der Waals surface area contributed by atoms with Crippen molar-refractivity contribution in [2.45, 2.75) is 13.3 Å². The largest absolute Gasteiger partial charge is 0.232 e. The van der Waals surface area contributed by atoms with Gasteiger partial charge in [0.05, 0.1) is 4.88 Å². The van der Waals surface area contributed by atoms with Gasteiger partial charge in [-0.25, -0.2) is 4.98 Å². The molecule has 15 heavy (non-hydrogen) atoms. The Labute approximate surface area is 99.3 Å². The highest BCUT2D eigenvalue weighted by Gasteiger charge is 2.07. The maximum atomic E-state index is 13.1. The van der Waals surface area contributed by atoms with E-state index in [1.165, 1.54) is 17.4 Å². The lowest BCUT2D eigenvalue weighted by Gasteiger charge is -1.99. The SMILES string of the molecule is CCc1cc(F)nc(-c2cc(Br)cs2)n1. The summed E-state index contributed by atoms with van der Waals surface area (Å²) < 4.78 is 14.1. The smallest absolute Gasteiger partial charge is 0.216 e. The molecule has 2 nitrogen and oxygen atoms in total. The van der Waals surface area contributed by atoms with E-state index in [2.05, 4.69) is 25.9 Å². The molecule has 0 unspecified atom stereocenters. The van der Waals surface area contributed by atoms with E-state index < -0.39 is 5.95 Å². The van der Waals surface area contributed by atoms with Crippen LogP contribution in [0.4, 0.5) is 4.39 Å².